The van der Waals surface area contributed by atoms with Crippen LogP contribution in [0.4, 0.5) is 11.4 Å². The summed E-state index contributed by atoms with van der Waals surface area (Å²) < 4.78 is 6.25. The van der Waals surface area contributed by atoms with Crippen molar-refractivity contribution in [2.45, 2.75) is 19.7 Å². The van der Waals surface area contributed by atoms with Crippen LogP contribution in [-0.4, -0.2) is 6.54 Å². The monoisotopic (exact) mass is 464 g/mol. The number of hydrogen-bond donors (Lipinski definition) is 1. The molecular formula is C30H25ClN2O. The maximum absolute atomic E-state index is 6.29. The molecule has 0 radical (unpaired) electrons. The summed E-state index contributed by atoms with van der Waals surface area (Å²) in [6, 6.07) is 34.0. The van der Waals surface area contributed by atoms with Crippen molar-refractivity contribution in [1.82, 2.24) is 0 Å². The lowest BCUT2D eigenvalue weighted by Gasteiger charge is -2.26. The van der Waals surface area contributed by atoms with Gasteiger partial charge in [-0.3, -0.25) is 0 Å². The SMILES string of the molecule is Clc1ccc2c(c1)C(=C1OCc3cc(N(Cc4ccccc4)Cc4ccccc4)ccc31)CN2. The Morgan fingerprint density at radius 2 is 1.47 bits per heavy atom. The fourth-order valence-electron chi connectivity index (χ4n) is 4.84. The molecule has 0 saturated heterocycles. The fraction of sp³-hybridized carbons (Fsp3) is 0.133. The van der Waals surface area contributed by atoms with Gasteiger partial charge in [-0.25, -0.2) is 0 Å². The molecule has 2 aliphatic rings. The molecule has 0 bridgehead atoms. The molecule has 0 amide bonds. The summed E-state index contributed by atoms with van der Waals surface area (Å²) in [7, 11) is 0. The first kappa shape index (κ1) is 20.9. The Bertz CT molecular complexity index is 1320. The lowest BCUT2D eigenvalue weighted by Crippen LogP contribution is -2.22. The van der Waals surface area contributed by atoms with Crippen molar-refractivity contribution in [2.75, 3.05) is 16.8 Å². The van der Waals surface area contributed by atoms with Crippen LogP contribution in [0.1, 0.15) is 27.8 Å². The highest BCUT2D eigenvalue weighted by Crippen LogP contribution is 2.42. The Morgan fingerprint density at radius 3 is 2.18 bits per heavy atom. The number of ether oxygens (including phenoxy) is 1. The third-order valence-electron chi connectivity index (χ3n) is 6.54. The van der Waals surface area contributed by atoms with Crippen LogP contribution in [0, 0.1) is 0 Å². The predicted molar refractivity (Wildman–Crippen MR) is 141 cm³/mol. The second-order valence-corrected chi connectivity index (χ2v) is 9.24. The lowest BCUT2D eigenvalue weighted by atomic mass is 10.00. The largest absolute Gasteiger partial charge is 0.488 e. The number of rotatable bonds is 5. The molecule has 2 aliphatic heterocycles. The number of nitrogens with one attached hydrogen (secondary N) is 1. The van der Waals surface area contributed by atoms with Crippen LogP contribution in [0.25, 0.3) is 11.3 Å². The van der Waals surface area contributed by atoms with E-state index >= 15 is 0 Å². The maximum Gasteiger partial charge on any atom is 0.133 e. The number of fused-ring (bicyclic) bond motifs is 2. The van der Waals surface area contributed by atoms with Crippen LogP contribution in [0.15, 0.2) is 97.1 Å². The lowest BCUT2D eigenvalue weighted by molar-refractivity contribution is 0.286. The third-order valence-corrected chi connectivity index (χ3v) is 6.77. The van der Waals surface area contributed by atoms with Crippen molar-refractivity contribution in [3.8, 4) is 0 Å². The maximum atomic E-state index is 6.29. The number of benzene rings is 4. The molecule has 6 rings (SSSR count). The van der Waals surface area contributed by atoms with Gasteiger partial charge >= 0.3 is 0 Å². The molecule has 4 heteroatoms. The van der Waals surface area contributed by atoms with Crippen molar-refractivity contribution >= 4 is 34.3 Å². The molecule has 0 saturated carbocycles. The summed E-state index contributed by atoms with van der Waals surface area (Å²) in [5.74, 6) is 0.965. The van der Waals surface area contributed by atoms with Crippen molar-refractivity contribution in [3.63, 3.8) is 0 Å². The zero-order valence-electron chi connectivity index (χ0n) is 18.8. The summed E-state index contributed by atoms with van der Waals surface area (Å²) in [6.45, 7) is 3.03. The van der Waals surface area contributed by atoms with E-state index in [1.165, 1.54) is 33.5 Å². The molecule has 1 N–H and O–H groups in total. The topological polar surface area (TPSA) is 24.5 Å². The molecule has 0 spiro atoms. The molecule has 0 aromatic heterocycles. The third kappa shape index (κ3) is 4.04. The van der Waals surface area contributed by atoms with Gasteiger partial charge in [-0.1, -0.05) is 72.3 Å². The van der Waals surface area contributed by atoms with Gasteiger partial charge in [0.15, 0.2) is 0 Å². The minimum absolute atomic E-state index is 0.586. The Morgan fingerprint density at radius 1 is 0.765 bits per heavy atom. The normalized spacial score (nSPS) is 15.9. The molecule has 0 aliphatic carbocycles. The van der Waals surface area contributed by atoms with Gasteiger partial charge in [-0.05, 0) is 47.5 Å². The average Bonchev–Trinajstić information content (AvgIpc) is 3.48. The average molecular weight is 465 g/mol. The first-order valence-electron chi connectivity index (χ1n) is 11.6. The molecule has 3 nitrogen and oxygen atoms in total. The van der Waals surface area contributed by atoms with Crippen LogP contribution in [0.5, 0.6) is 0 Å². The number of hydrogen-bond acceptors (Lipinski definition) is 3. The predicted octanol–water partition coefficient (Wildman–Crippen LogP) is 7.37. The molecule has 4 aromatic carbocycles. The van der Waals surface area contributed by atoms with E-state index in [4.69, 9.17) is 16.3 Å². The van der Waals surface area contributed by atoms with Gasteiger partial charge in [0.05, 0.1) is 0 Å². The highest BCUT2D eigenvalue weighted by atomic mass is 35.5. The van der Waals surface area contributed by atoms with Gasteiger partial charge in [-0.2, -0.15) is 0 Å². The molecule has 0 unspecified atom stereocenters. The zero-order chi connectivity index (χ0) is 22.9. The summed E-state index contributed by atoms with van der Waals surface area (Å²) in [4.78, 5) is 2.43. The molecule has 34 heavy (non-hydrogen) atoms. The van der Waals surface area contributed by atoms with Gasteiger partial charge in [-0.15, -0.1) is 0 Å². The minimum Gasteiger partial charge on any atom is -0.488 e. The summed E-state index contributed by atoms with van der Waals surface area (Å²) >= 11 is 6.29. The minimum atomic E-state index is 0.586. The van der Waals surface area contributed by atoms with Crippen LogP contribution in [0.2, 0.25) is 5.02 Å². The van der Waals surface area contributed by atoms with Crippen molar-refractivity contribution in [2.24, 2.45) is 0 Å². The van der Waals surface area contributed by atoms with E-state index in [-0.39, 0.29) is 0 Å². The van der Waals surface area contributed by atoms with Crippen LogP contribution < -0.4 is 10.2 Å². The second-order valence-electron chi connectivity index (χ2n) is 8.81. The highest BCUT2D eigenvalue weighted by molar-refractivity contribution is 6.31. The standard InChI is InChI=1S/C30H25ClN2O/c31-24-11-14-29-27(16-24)28(17-32-29)30-26-13-12-25(15-23(26)20-34-30)33(18-21-7-3-1-4-8-21)19-22-9-5-2-6-10-22/h1-16,32H,17-20H2. The first-order valence-corrected chi connectivity index (χ1v) is 12.0. The van der Waals surface area contributed by atoms with E-state index in [1.807, 2.05) is 18.2 Å². The first-order chi connectivity index (χ1) is 16.7. The van der Waals surface area contributed by atoms with E-state index in [9.17, 15) is 0 Å². The van der Waals surface area contributed by atoms with Crippen molar-refractivity contribution in [1.29, 1.82) is 0 Å². The van der Waals surface area contributed by atoms with E-state index in [2.05, 4.69) is 89.1 Å². The molecule has 168 valence electrons. The Kier molecular flexibility index (Phi) is 5.48. The summed E-state index contributed by atoms with van der Waals surface area (Å²) in [5, 5.41) is 4.21. The van der Waals surface area contributed by atoms with E-state index in [1.54, 1.807) is 0 Å². The van der Waals surface area contributed by atoms with Crippen LogP contribution in [0.3, 0.4) is 0 Å². The van der Waals surface area contributed by atoms with Gasteiger partial charge < -0.3 is 15.0 Å². The molecule has 2 heterocycles. The fourth-order valence-corrected chi connectivity index (χ4v) is 5.02. The van der Waals surface area contributed by atoms with Crippen molar-refractivity contribution < 1.29 is 4.74 Å². The Labute approximate surface area is 205 Å². The second kappa shape index (κ2) is 8.92. The molecule has 4 aromatic rings. The summed E-state index contributed by atoms with van der Waals surface area (Å²) in [6.07, 6.45) is 0. The molecule has 0 fully saturated rings. The van der Waals surface area contributed by atoms with E-state index in [0.717, 1.165) is 41.7 Å². The zero-order valence-corrected chi connectivity index (χ0v) is 19.6. The highest BCUT2D eigenvalue weighted by Gasteiger charge is 2.27. The number of anilines is 2. The van der Waals surface area contributed by atoms with E-state index in [0.29, 0.717) is 6.61 Å². The molecular weight excluding hydrogens is 440 g/mol. The number of nitrogens with zero attached hydrogens (tertiary/aromatic N) is 1. The van der Waals surface area contributed by atoms with Crippen LogP contribution in [-0.2, 0) is 24.4 Å². The van der Waals surface area contributed by atoms with Crippen molar-refractivity contribution in [3.05, 3.63) is 130 Å². The molecule has 0 atom stereocenters. The number of halogens is 1. The smallest absolute Gasteiger partial charge is 0.133 e. The van der Waals surface area contributed by atoms with Gasteiger partial charge in [0.25, 0.3) is 0 Å². The quantitative estimate of drug-likeness (QED) is 0.333. The Balaban J connectivity index is 1.35. The van der Waals surface area contributed by atoms with E-state index < -0.39 is 0 Å². The summed E-state index contributed by atoms with van der Waals surface area (Å²) in [5.41, 5.74) is 9.61. The van der Waals surface area contributed by atoms with Crippen LogP contribution >= 0.6 is 11.6 Å². The Hall–Kier alpha value is -3.69. The van der Waals surface area contributed by atoms with Gasteiger partial charge in [0.1, 0.15) is 12.4 Å². The van der Waals surface area contributed by atoms with Gasteiger partial charge in [0.2, 0.25) is 0 Å². The van der Waals surface area contributed by atoms with Gasteiger partial charge in [0, 0.05) is 58.3 Å².